The van der Waals surface area contributed by atoms with Crippen molar-refractivity contribution < 1.29 is 22.3 Å². The number of halogens is 1. The van der Waals surface area contributed by atoms with Crippen LogP contribution in [0, 0.1) is 5.82 Å². The zero-order valence-corrected chi connectivity index (χ0v) is 18.9. The first kappa shape index (κ1) is 22.5. The Balaban J connectivity index is 1.35. The minimum absolute atomic E-state index is 0.0274. The highest BCUT2D eigenvalue weighted by Gasteiger charge is 2.20. The predicted molar refractivity (Wildman–Crippen MR) is 126 cm³/mol. The molecule has 3 aromatic heterocycles. The lowest BCUT2D eigenvalue weighted by atomic mass is 10.1. The number of aromatic nitrogens is 4. The standard InChI is InChI=1S/C23H19FN6O4S/c24-16-4-2-6-18(14-16)35(32,33)27-10-9-26-22-25-8-7-19(28-22)21-20(15-3-1-5-17(31)13-15)29-23-30(21)11-12-34-23/h1-8,11-14,27,31H,9-10H2,(H,25,26,28). The van der Waals surface area contributed by atoms with E-state index in [1.54, 1.807) is 41.1 Å². The molecule has 0 atom stereocenters. The van der Waals surface area contributed by atoms with E-state index in [4.69, 9.17) is 4.42 Å². The maximum absolute atomic E-state index is 13.3. The Morgan fingerprint density at radius 2 is 1.91 bits per heavy atom. The van der Waals surface area contributed by atoms with Gasteiger partial charge >= 0.3 is 5.84 Å². The first-order valence-corrected chi connectivity index (χ1v) is 12.0. The maximum atomic E-state index is 13.3. The molecule has 12 heteroatoms. The van der Waals surface area contributed by atoms with Crippen molar-refractivity contribution in [2.75, 3.05) is 18.4 Å². The Morgan fingerprint density at radius 1 is 1.06 bits per heavy atom. The van der Waals surface area contributed by atoms with Crippen molar-refractivity contribution in [2.24, 2.45) is 0 Å². The van der Waals surface area contributed by atoms with E-state index >= 15 is 0 Å². The number of rotatable bonds is 8. The molecule has 0 aliphatic rings. The number of nitrogens with zero attached hydrogens (tertiary/aromatic N) is 4. The van der Waals surface area contributed by atoms with Gasteiger partial charge in [0, 0.05) is 31.0 Å². The molecule has 0 fully saturated rings. The number of aromatic hydroxyl groups is 1. The van der Waals surface area contributed by atoms with Crippen molar-refractivity contribution in [3.63, 3.8) is 0 Å². The third-order valence-electron chi connectivity index (χ3n) is 5.09. The summed E-state index contributed by atoms with van der Waals surface area (Å²) in [6.07, 6.45) is 4.77. The van der Waals surface area contributed by atoms with Crippen LogP contribution in [-0.4, -0.2) is 46.0 Å². The Kier molecular flexibility index (Phi) is 5.89. The molecule has 0 radical (unpaired) electrons. The molecule has 0 aliphatic carbocycles. The molecule has 2 aromatic carbocycles. The van der Waals surface area contributed by atoms with Crippen LogP contribution in [0.25, 0.3) is 28.5 Å². The van der Waals surface area contributed by atoms with Gasteiger partial charge in [-0.25, -0.2) is 27.5 Å². The molecule has 35 heavy (non-hydrogen) atoms. The largest absolute Gasteiger partial charge is 0.508 e. The van der Waals surface area contributed by atoms with E-state index < -0.39 is 15.8 Å². The summed E-state index contributed by atoms with van der Waals surface area (Å²) in [7, 11) is -3.85. The molecule has 3 N–H and O–H groups in total. The predicted octanol–water partition coefficient (Wildman–Crippen LogP) is 3.29. The normalized spacial score (nSPS) is 11.7. The number of sulfonamides is 1. The summed E-state index contributed by atoms with van der Waals surface area (Å²) in [6, 6.07) is 13.2. The Bertz CT molecular complexity index is 1620. The van der Waals surface area contributed by atoms with E-state index in [2.05, 4.69) is 25.0 Å². The average Bonchev–Trinajstić information content (AvgIpc) is 3.44. The molecule has 0 aliphatic heterocycles. The fourth-order valence-electron chi connectivity index (χ4n) is 3.54. The maximum Gasteiger partial charge on any atom is 0.306 e. The first-order valence-electron chi connectivity index (χ1n) is 10.5. The van der Waals surface area contributed by atoms with Crippen molar-refractivity contribution in [3.05, 3.63) is 79.1 Å². The van der Waals surface area contributed by atoms with Gasteiger partial charge in [-0.3, -0.25) is 4.40 Å². The summed E-state index contributed by atoms with van der Waals surface area (Å²) in [5, 5.41) is 12.9. The molecule has 0 saturated carbocycles. The SMILES string of the molecule is O=S(=O)(NCCNc1nccc(-c2c(-c3cccc(O)c3)nc3occn23)n1)c1cccc(F)c1. The number of anilines is 1. The number of phenolic OH excluding ortho intramolecular Hbond substituents is 1. The van der Waals surface area contributed by atoms with Crippen LogP contribution in [0.1, 0.15) is 0 Å². The van der Waals surface area contributed by atoms with Gasteiger partial charge in [-0.05, 0) is 36.4 Å². The zero-order valence-electron chi connectivity index (χ0n) is 18.1. The fraction of sp³-hybridized carbons (Fsp3) is 0.0870. The summed E-state index contributed by atoms with van der Waals surface area (Å²) >= 11 is 0. The first-order chi connectivity index (χ1) is 16.9. The minimum Gasteiger partial charge on any atom is -0.508 e. The van der Waals surface area contributed by atoms with Gasteiger partial charge in [0.1, 0.15) is 29.2 Å². The number of nitrogens with one attached hydrogen (secondary N) is 2. The van der Waals surface area contributed by atoms with E-state index in [1.807, 2.05) is 6.07 Å². The van der Waals surface area contributed by atoms with Gasteiger partial charge < -0.3 is 14.8 Å². The number of oxazole rings is 1. The van der Waals surface area contributed by atoms with Gasteiger partial charge in [-0.2, -0.15) is 4.98 Å². The van der Waals surface area contributed by atoms with Gasteiger partial charge in [0.05, 0.1) is 10.6 Å². The highest BCUT2D eigenvalue weighted by Crippen LogP contribution is 2.33. The van der Waals surface area contributed by atoms with Crippen molar-refractivity contribution >= 4 is 21.8 Å². The molecular formula is C23H19FN6O4S. The van der Waals surface area contributed by atoms with Crippen LogP contribution in [0.2, 0.25) is 0 Å². The number of hydrogen-bond donors (Lipinski definition) is 3. The fourth-order valence-corrected chi connectivity index (χ4v) is 4.60. The second-order valence-electron chi connectivity index (χ2n) is 7.46. The van der Waals surface area contributed by atoms with Crippen LogP contribution in [0.4, 0.5) is 10.3 Å². The summed E-state index contributed by atoms with van der Waals surface area (Å²) in [6.45, 7) is 0.213. The molecule has 0 unspecified atom stereocenters. The second kappa shape index (κ2) is 9.16. The molecule has 5 aromatic rings. The summed E-state index contributed by atoms with van der Waals surface area (Å²) in [5.41, 5.74) is 2.42. The van der Waals surface area contributed by atoms with E-state index in [9.17, 15) is 17.9 Å². The zero-order chi connectivity index (χ0) is 24.4. The highest BCUT2D eigenvalue weighted by molar-refractivity contribution is 7.89. The van der Waals surface area contributed by atoms with Gasteiger partial charge in [-0.15, -0.1) is 0 Å². The van der Waals surface area contributed by atoms with E-state index in [-0.39, 0.29) is 29.7 Å². The smallest absolute Gasteiger partial charge is 0.306 e. The van der Waals surface area contributed by atoms with Crippen molar-refractivity contribution in [1.29, 1.82) is 0 Å². The van der Waals surface area contributed by atoms with Crippen molar-refractivity contribution in [3.8, 4) is 28.4 Å². The molecule has 10 nitrogen and oxygen atoms in total. The quantitative estimate of drug-likeness (QED) is 0.280. The molecule has 0 bridgehead atoms. The van der Waals surface area contributed by atoms with Crippen LogP contribution in [-0.2, 0) is 10.0 Å². The van der Waals surface area contributed by atoms with Gasteiger partial charge in [0.25, 0.3) is 0 Å². The Labute approximate surface area is 199 Å². The number of imidazole rings is 1. The number of benzene rings is 2. The van der Waals surface area contributed by atoms with Crippen LogP contribution in [0.3, 0.4) is 0 Å². The van der Waals surface area contributed by atoms with Gasteiger partial charge in [-0.1, -0.05) is 18.2 Å². The molecular weight excluding hydrogens is 475 g/mol. The topological polar surface area (TPSA) is 135 Å². The van der Waals surface area contributed by atoms with E-state index in [0.717, 1.165) is 6.07 Å². The van der Waals surface area contributed by atoms with E-state index in [1.165, 1.54) is 24.5 Å². The minimum atomic E-state index is -3.85. The number of hydrogen-bond acceptors (Lipinski definition) is 8. The molecule has 5 rings (SSSR count). The molecule has 0 amide bonds. The van der Waals surface area contributed by atoms with Crippen molar-refractivity contribution in [2.45, 2.75) is 4.90 Å². The monoisotopic (exact) mass is 494 g/mol. The van der Waals surface area contributed by atoms with Gasteiger partial charge in [0.15, 0.2) is 0 Å². The van der Waals surface area contributed by atoms with Crippen molar-refractivity contribution in [1.82, 2.24) is 24.1 Å². The molecule has 178 valence electrons. The Hall–Kier alpha value is -4.29. The summed E-state index contributed by atoms with van der Waals surface area (Å²) < 4.78 is 47.6. The van der Waals surface area contributed by atoms with E-state index in [0.29, 0.717) is 28.5 Å². The molecule has 0 spiro atoms. The number of fused-ring (bicyclic) bond motifs is 1. The van der Waals surface area contributed by atoms with Crippen LogP contribution in [0.15, 0.2) is 82.6 Å². The second-order valence-corrected chi connectivity index (χ2v) is 9.23. The summed E-state index contributed by atoms with van der Waals surface area (Å²) in [5.74, 6) is 0.0997. The van der Waals surface area contributed by atoms with Crippen LogP contribution >= 0.6 is 0 Å². The molecule has 0 saturated heterocycles. The third-order valence-corrected chi connectivity index (χ3v) is 6.55. The average molecular weight is 495 g/mol. The lowest BCUT2D eigenvalue weighted by molar-refractivity contribution is 0.475. The summed E-state index contributed by atoms with van der Waals surface area (Å²) in [4.78, 5) is 13.1. The Morgan fingerprint density at radius 3 is 2.74 bits per heavy atom. The lowest BCUT2D eigenvalue weighted by Gasteiger charge is -2.09. The van der Waals surface area contributed by atoms with Crippen LogP contribution < -0.4 is 10.0 Å². The van der Waals surface area contributed by atoms with Gasteiger partial charge in [0.2, 0.25) is 16.0 Å². The van der Waals surface area contributed by atoms with Crippen LogP contribution in [0.5, 0.6) is 5.75 Å². The highest BCUT2D eigenvalue weighted by atomic mass is 32.2. The third kappa shape index (κ3) is 4.69. The number of phenols is 1. The molecule has 3 heterocycles. The lowest BCUT2D eigenvalue weighted by Crippen LogP contribution is -2.29.